The lowest BCUT2D eigenvalue weighted by atomic mass is 10.0. The Balaban J connectivity index is 2.06. The van der Waals surface area contributed by atoms with Crippen LogP contribution in [-0.4, -0.2) is 21.5 Å². The van der Waals surface area contributed by atoms with Gasteiger partial charge in [0.2, 0.25) is 0 Å². The molecule has 1 N–H and O–H groups in total. The van der Waals surface area contributed by atoms with Crippen LogP contribution in [0.3, 0.4) is 0 Å². The van der Waals surface area contributed by atoms with Crippen LogP contribution in [0, 0.1) is 20.8 Å². The standard InChI is InChI=1S/C19H23BrN2O2S/c1-13-12-14(2)19(22-10-6-7-11-22)15(3)18(13)21-25(23,24)17-9-5-4-8-16(17)20/h4-5,8-9,12,21H,6-7,10-11H2,1-3H3. The van der Waals surface area contributed by atoms with Gasteiger partial charge < -0.3 is 4.90 Å². The first-order valence-electron chi connectivity index (χ1n) is 8.44. The van der Waals surface area contributed by atoms with E-state index in [4.69, 9.17) is 0 Å². The molecule has 1 fully saturated rings. The third kappa shape index (κ3) is 3.55. The number of sulfonamides is 1. The van der Waals surface area contributed by atoms with Gasteiger partial charge in [0.1, 0.15) is 4.90 Å². The first-order chi connectivity index (χ1) is 11.8. The lowest BCUT2D eigenvalue weighted by Gasteiger charge is -2.26. The molecule has 0 unspecified atom stereocenters. The highest BCUT2D eigenvalue weighted by molar-refractivity contribution is 9.10. The Hall–Kier alpha value is -1.53. The Morgan fingerprint density at radius 3 is 2.32 bits per heavy atom. The Morgan fingerprint density at radius 1 is 1.04 bits per heavy atom. The maximum absolute atomic E-state index is 12.9. The van der Waals surface area contributed by atoms with E-state index in [0.29, 0.717) is 10.2 Å². The number of hydrogen-bond acceptors (Lipinski definition) is 3. The molecule has 0 aliphatic carbocycles. The normalized spacial score (nSPS) is 14.8. The summed E-state index contributed by atoms with van der Waals surface area (Å²) in [4.78, 5) is 2.61. The predicted octanol–water partition coefficient (Wildman–Crippen LogP) is 4.78. The summed E-state index contributed by atoms with van der Waals surface area (Å²) in [6.45, 7) is 8.11. The molecule has 1 aliphatic heterocycles. The minimum atomic E-state index is -3.66. The zero-order valence-electron chi connectivity index (χ0n) is 14.8. The van der Waals surface area contributed by atoms with Crippen molar-refractivity contribution in [1.29, 1.82) is 0 Å². The fourth-order valence-corrected chi connectivity index (χ4v) is 5.81. The summed E-state index contributed by atoms with van der Waals surface area (Å²) in [5.41, 5.74) is 4.97. The van der Waals surface area contributed by atoms with Gasteiger partial charge in [-0.1, -0.05) is 18.2 Å². The van der Waals surface area contributed by atoms with E-state index in [9.17, 15) is 8.42 Å². The summed E-state index contributed by atoms with van der Waals surface area (Å²) >= 11 is 3.34. The summed E-state index contributed by atoms with van der Waals surface area (Å²) in [5, 5.41) is 0. The van der Waals surface area contributed by atoms with Gasteiger partial charge in [-0.3, -0.25) is 4.72 Å². The molecule has 0 saturated carbocycles. The highest BCUT2D eigenvalue weighted by atomic mass is 79.9. The van der Waals surface area contributed by atoms with Crippen molar-refractivity contribution in [3.63, 3.8) is 0 Å². The maximum Gasteiger partial charge on any atom is 0.263 e. The van der Waals surface area contributed by atoms with Crippen molar-refractivity contribution < 1.29 is 8.42 Å². The molecule has 2 aromatic carbocycles. The van der Waals surface area contributed by atoms with E-state index in [0.717, 1.165) is 29.9 Å². The first kappa shape index (κ1) is 18.3. The van der Waals surface area contributed by atoms with Gasteiger partial charge >= 0.3 is 0 Å². The van der Waals surface area contributed by atoms with Gasteiger partial charge in [-0.25, -0.2) is 8.42 Å². The highest BCUT2D eigenvalue weighted by Gasteiger charge is 2.23. The fraction of sp³-hybridized carbons (Fsp3) is 0.368. The topological polar surface area (TPSA) is 49.4 Å². The second-order valence-corrected chi connectivity index (χ2v) is 9.09. The average Bonchev–Trinajstić information content (AvgIpc) is 3.05. The number of rotatable bonds is 4. The fourth-order valence-electron chi connectivity index (χ4n) is 3.61. The van der Waals surface area contributed by atoms with Crippen LogP contribution in [-0.2, 0) is 10.0 Å². The lowest BCUT2D eigenvalue weighted by molar-refractivity contribution is 0.600. The molecule has 0 radical (unpaired) electrons. The van der Waals surface area contributed by atoms with Crippen LogP contribution >= 0.6 is 15.9 Å². The third-order valence-electron chi connectivity index (χ3n) is 4.72. The number of hydrogen-bond donors (Lipinski definition) is 1. The van der Waals surface area contributed by atoms with Crippen LogP contribution in [0.25, 0.3) is 0 Å². The molecule has 3 rings (SSSR count). The van der Waals surface area contributed by atoms with Crippen LogP contribution in [0.1, 0.15) is 29.5 Å². The van der Waals surface area contributed by atoms with Gasteiger partial charge in [0.25, 0.3) is 10.0 Å². The maximum atomic E-state index is 12.9. The number of aryl methyl sites for hydroxylation is 2. The van der Waals surface area contributed by atoms with E-state index >= 15 is 0 Å². The van der Waals surface area contributed by atoms with Crippen LogP contribution in [0.5, 0.6) is 0 Å². The molecule has 0 bridgehead atoms. The van der Waals surface area contributed by atoms with Gasteiger partial charge in [-0.05, 0) is 78.4 Å². The molecule has 6 heteroatoms. The Morgan fingerprint density at radius 2 is 1.68 bits per heavy atom. The van der Waals surface area contributed by atoms with E-state index in [1.165, 1.54) is 18.4 Å². The van der Waals surface area contributed by atoms with Crippen molar-refractivity contribution in [2.75, 3.05) is 22.7 Å². The molecule has 1 heterocycles. The smallest absolute Gasteiger partial charge is 0.263 e. The number of nitrogens with one attached hydrogen (secondary N) is 1. The molecule has 0 amide bonds. The van der Waals surface area contributed by atoms with Crippen molar-refractivity contribution in [1.82, 2.24) is 0 Å². The average molecular weight is 423 g/mol. The van der Waals surface area contributed by atoms with Crippen LogP contribution < -0.4 is 9.62 Å². The number of anilines is 2. The van der Waals surface area contributed by atoms with E-state index < -0.39 is 10.0 Å². The van der Waals surface area contributed by atoms with Gasteiger partial charge in [-0.2, -0.15) is 0 Å². The molecule has 2 aromatic rings. The van der Waals surface area contributed by atoms with Crippen LogP contribution in [0.2, 0.25) is 0 Å². The van der Waals surface area contributed by atoms with Gasteiger partial charge in [0.05, 0.1) is 5.69 Å². The van der Waals surface area contributed by atoms with Crippen LogP contribution in [0.15, 0.2) is 39.7 Å². The van der Waals surface area contributed by atoms with Gasteiger partial charge in [0, 0.05) is 23.2 Å². The SMILES string of the molecule is Cc1cc(C)c(N2CCCC2)c(C)c1NS(=O)(=O)c1ccccc1Br. The van der Waals surface area contributed by atoms with Crippen molar-refractivity contribution in [2.45, 2.75) is 38.5 Å². The molecule has 4 nitrogen and oxygen atoms in total. The minimum absolute atomic E-state index is 0.247. The van der Waals surface area contributed by atoms with Crippen molar-refractivity contribution in [3.8, 4) is 0 Å². The summed E-state index contributed by atoms with van der Waals surface area (Å²) < 4.78 is 29.2. The van der Waals surface area contributed by atoms with Gasteiger partial charge in [0.15, 0.2) is 0 Å². The van der Waals surface area contributed by atoms with E-state index in [1.807, 2.05) is 13.8 Å². The molecular formula is C19H23BrN2O2S. The van der Waals surface area contributed by atoms with Crippen LogP contribution in [0.4, 0.5) is 11.4 Å². The van der Waals surface area contributed by atoms with Crippen molar-refractivity contribution >= 4 is 37.3 Å². The van der Waals surface area contributed by atoms with Crippen molar-refractivity contribution in [2.24, 2.45) is 0 Å². The quantitative estimate of drug-likeness (QED) is 0.771. The third-order valence-corrected chi connectivity index (χ3v) is 7.08. The summed E-state index contributed by atoms with van der Waals surface area (Å²) in [6.07, 6.45) is 2.37. The molecule has 25 heavy (non-hydrogen) atoms. The van der Waals surface area contributed by atoms with E-state index in [2.05, 4.69) is 38.5 Å². The Bertz CT molecular complexity index is 904. The molecule has 1 saturated heterocycles. The largest absolute Gasteiger partial charge is 0.371 e. The van der Waals surface area contributed by atoms with E-state index in [1.54, 1.807) is 24.3 Å². The molecular weight excluding hydrogens is 400 g/mol. The number of benzene rings is 2. The second kappa shape index (κ2) is 7.00. The predicted molar refractivity (Wildman–Crippen MR) is 107 cm³/mol. The zero-order valence-corrected chi connectivity index (χ0v) is 17.2. The summed E-state index contributed by atoms with van der Waals surface area (Å²) in [7, 11) is -3.66. The Labute approximate surface area is 158 Å². The minimum Gasteiger partial charge on any atom is -0.371 e. The number of nitrogens with zero attached hydrogens (tertiary/aromatic N) is 1. The molecule has 0 atom stereocenters. The second-order valence-electron chi connectivity index (χ2n) is 6.59. The monoisotopic (exact) mass is 422 g/mol. The lowest BCUT2D eigenvalue weighted by Crippen LogP contribution is -2.22. The first-order valence-corrected chi connectivity index (χ1v) is 10.7. The van der Waals surface area contributed by atoms with E-state index in [-0.39, 0.29) is 4.90 Å². The number of halogens is 1. The molecule has 1 aliphatic rings. The molecule has 134 valence electrons. The highest BCUT2D eigenvalue weighted by Crippen LogP contribution is 2.36. The zero-order chi connectivity index (χ0) is 18.2. The van der Waals surface area contributed by atoms with Gasteiger partial charge in [-0.15, -0.1) is 0 Å². The van der Waals surface area contributed by atoms with Crippen molar-refractivity contribution in [3.05, 3.63) is 51.5 Å². The molecule has 0 spiro atoms. The summed E-state index contributed by atoms with van der Waals surface area (Å²) in [5.74, 6) is 0. The summed E-state index contributed by atoms with van der Waals surface area (Å²) in [6, 6.07) is 8.94. The Kier molecular flexibility index (Phi) is 5.11. The molecule has 0 aromatic heterocycles.